The molecule has 52 heavy (non-hydrogen) atoms. The Morgan fingerprint density at radius 2 is 0.577 bits per heavy atom. The summed E-state index contributed by atoms with van der Waals surface area (Å²) in [5.41, 5.74) is 2.27. The third kappa shape index (κ3) is 21.2. The molecule has 0 amide bonds. The normalized spacial score (nSPS) is 13.4. The first-order chi connectivity index (χ1) is 25.1. The Hall–Kier alpha value is -1.74. The van der Waals surface area contributed by atoms with Crippen LogP contribution in [0.15, 0.2) is 58.3 Å². The Labute approximate surface area is 319 Å². The molecule has 8 heteroatoms. The van der Waals surface area contributed by atoms with Crippen molar-refractivity contribution in [2.24, 2.45) is 0 Å². The summed E-state index contributed by atoms with van der Waals surface area (Å²) in [6, 6.07) is 13.6. The highest BCUT2D eigenvalue weighted by Crippen LogP contribution is 2.33. The van der Waals surface area contributed by atoms with E-state index in [9.17, 15) is 25.9 Å². The maximum atomic E-state index is 11.7. The van der Waals surface area contributed by atoms with E-state index < -0.39 is 20.2 Å². The Morgan fingerprint density at radius 1 is 0.365 bits per heavy atom. The Balaban J connectivity index is 1.90. The molecule has 6 nitrogen and oxygen atoms in total. The quantitative estimate of drug-likeness (QED) is 0.0553. The van der Waals surface area contributed by atoms with Crippen molar-refractivity contribution in [2.75, 3.05) is 0 Å². The summed E-state index contributed by atoms with van der Waals surface area (Å²) >= 11 is 0. The van der Waals surface area contributed by atoms with Gasteiger partial charge in [0.1, 0.15) is 0 Å². The number of rotatable bonds is 33. The SMILES string of the molecule is CCCCCCCCCCCCCC(CCCCC(CCCCCCCCCCCCC)c1ccc(S(=O)(=O)O)cc1)c1ccc(S(=O)(=O)O)cc1. The first-order valence-corrected chi connectivity index (χ1v) is 24.1. The minimum Gasteiger partial charge on any atom is -0.282 e. The van der Waals surface area contributed by atoms with Crippen LogP contribution in [-0.4, -0.2) is 25.9 Å². The van der Waals surface area contributed by atoms with E-state index in [2.05, 4.69) is 13.8 Å². The molecule has 0 aromatic heterocycles. The molecule has 0 aliphatic heterocycles. The highest BCUT2D eigenvalue weighted by Gasteiger charge is 2.17. The van der Waals surface area contributed by atoms with Crippen LogP contribution < -0.4 is 0 Å². The molecule has 0 radical (unpaired) electrons. The molecule has 0 heterocycles. The molecule has 0 saturated heterocycles. The summed E-state index contributed by atoms with van der Waals surface area (Å²) in [6.07, 6.45) is 35.0. The summed E-state index contributed by atoms with van der Waals surface area (Å²) in [5, 5.41) is 0. The summed E-state index contributed by atoms with van der Waals surface area (Å²) in [5.74, 6) is 0.682. The molecule has 2 aromatic carbocycles. The second kappa shape index (κ2) is 27.8. The van der Waals surface area contributed by atoms with Gasteiger partial charge in [-0.25, -0.2) is 0 Å². The molecule has 0 aliphatic carbocycles. The van der Waals surface area contributed by atoms with Crippen molar-refractivity contribution in [1.82, 2.24) is 0 Å². The number of hydrogen-bond donors (Lipinski definition) is 2. The second-order valence-electron chi connectivity index (χ2n) is 15.4. The highest BCUT2D eigenvalue weighted by atomic mass is 32.2. The zero-order chi connectivity index (χ0) is 37.9. The van der Waals surface area contributed by atoms with E-state index in [0.717, 1.165) is 62.5 Å². The van der Waals surface area contributed by atoms with Gasteiger partial charge in [0.25, 0.3) is 20.2 Å². The van der Waals surface area contributed by atoms with E-state index in [4.69, 9.17) is 0 Å². The van der Waals surface area contributed by atoms with Crippen LogP contribution in [0.3, 0.4) is 0 Å². The van der Waals surface area contributed by atoms with E-state index in [1.165, 1.54) is 153 Å². The van der Waals surface area contributed by atoms with Crippen LogP contribution in [0.1, 0.15) is 217 Å². The zero-order valence-electron chi connectivity index (χ0n) is 32.9. The van der Waals surface area contributed by atoms with Gasteiger partial charge >= 0.3 is 0 Å². The Kier molecular flexibility index (Phi) is 24.8. The molecule has 298 valence electrons. The van der Waals surface area contributed by atoms with Crippen molar-refractivity contribution in [1.29, 1.82) is 0 Å². The molecule has 2 atom stereocenters. The standard InChI is InChI=1S/C44H74O6S2/c1-3-5-7-9-11-13-15-17-19-21-23-27-39(41-31-35-43(36-32-41)51(45,46)47)29-25-26-30-40(42-33-37-44(38-34-42)52(48,49)50)28-24-22-20-18-16-14-12-10-8-6-4-2/h31-40H,3-30H2,1-2H3,(H,45,46,47)(H,48,49,50). The maximum absolute atomic E-state index is 11.7. The van der Waals surface area contributed by atoms with Crippen molar-refractivity contribution >= 4 is 20.2 Å². The van der Waals surface area contributed by atoms with Gasteiger partial charge < -0.3 is 0 Å². The summed E-state index contributed by atoms with van der Waals surface area (Å²) in [7, 11) is -8.44. The van der Waals surface area contributed by atoms with E-state index in [0.29, 0.717) is 11.8 Å². The van der Waals surface area contributed by atoms with Gasteiger partial charge in [0.05, 0.1) is 9.79 Å². The number of benzene rings is 2. The molecule has 2 unspecified atom stereocenters. The van der Waals surface area contributed by atoms with Gasteiger partial charge in [0.2, 0.25) is 0 Å². The van der Waals surface area contributed by atoms with Gasteiger partial charge in [-0.3, -0.25) is 9.11 Å². The monoisotopic (exact) mass is 762 g/mol. The largest absolute Gasteiger partial charge is 0.294 e. The molecule has 0 aliphatic rings. The lowest BCUT2D eigenvalue weighted by Gasteiger charge is -2.20. The summed E-state index contributed by atoms with van der Waals surface area (Å²) in [6.45, 7) is 4.52. The fourth-order valence-corrected chi connectivity index (χ4v) is 8.63. The van der Waals surface area contributed by atoms with Crippen molar-refractivity contribution in [3.63, 3.8) is 0 Å². The molecular weight excluding hydrogens is 689 g/mol. The lowest BCUT2D eigenvalue weighted by molar-refractivity contribution is 0.459. The van der Waals surface area contributed by atoms with E-state index >= 15 is 0 Å². The smallest absolute Gasteiger partial charge is 0.282 e. The average molecular weight is 763 g/mol. The summed E-state index contributed by atoms with van der Waals surface area (Å²) in [4.78, 5) is -0.120. The molecule has 0 fully saturated rings. The molecule has 2 N–H and O–H groups in total. The third-order valence-electron chi connectivity index (χ3n) is 11.0. The van der Waals surface area contributed by atoms with Crippen LogP contribution >= 0.6 is 0 Å². The van der Waals surface area contributed by atoms with Gasteiger partial charge in [0.15, 0.2) is 0 Å². The fraction of sp³-hybridized carbons (Fsp3) is 0.727. The lowest BCUT2D eigenvalue weighted by atomic mass is 9.85. The van der Waals surface area contributed by atoms with Gasteiger partial charge in [-0.15, -0.1) is 0 Å². The minimum atomic E-state index is -4.22. The van der Waals surface area contributed by atoms with Crippen LogP contribution in [0.25, 0.3) is 0 Å². The van der Waals surface area contributed by atoms with Crippen molar-refractivity contribution in [3.05, 3.63) is 59.7 Å². The fourth-order valence-electron chi connectivity index (χ4n) is 7.67. The van der Waals surface area contributed by atoms with E-state index in [1.54, 1.807) is 0 Å². The van der Waals surface area contributed by atoms with Crippen molar-refractivity contribution in [3.8, 4) is 0 Å². The van der Waals surface area contributed by atoms with Crippen LogP contribution in [0, 0.1) is 0 Å². The topological polar surface area (TPSA) is 109 Å². The minimum absolute atomic E-state index is 0.0602. The number of unbranched alkanes of at least 4 members (excludes halogenated alkanes) is 21. The zero-order valence-corrected chi connectivity index (χ0v) is 34.5. The van der Waals surface area contributed by atoms with Gasteiger partial charge in [-0.1, -0.05) is 192 Å². The predicted octanol–water partition coefficient (Wildman–Crippen LogP) is 14.0. The first kappa shape index (κ1) is 46.4. The molecular formula is C44H74O6S2. The number of hydrogen-bond acceptors (Lipinski definition) is 4. The molecule has 0 spiro atoms. The van der Waals surface area contributed by atoms with Crippen molar-refractivity contribution in [2.45, 2.75) is 215 Å². The second-order valence-corrected chi connectivity index (χ2v) is 18.3. The molecule has 2 rings (SSSR count). The molecule has 0 saturated carbocycles. The maximum Gasteiger partial charge on any atom is 0.294 e. The Bertz CT molecular complexity index is 1260. The van der Waals surface area contributed by atoms with E-state index in [-0.39, 0.29) is 9.79 Å². The predicted molar refractivity (Wildman–Crippen MR) is 219 cm³/mol. The third-order valence-corrected chi connectivity index (χ3v) is 12.7. The van der Waals surface area contributed by atoms with Crippen LogP contribution in [-0.2, 0) is 20.2 Å². The molecule has 0 bridgehead atoms. The molecule has 2 aromatic rings. The van der Waals surface area contributed by atoms with E-state index in [1.807, 2.05) is 24.3 Å². The van der Waals surface area contributed by atoms with Gasteiger partial charge in [-0.2, -0.15) is 16.8 Å². The Morgan fingerprint density at radius 3 is 0.808 bits per heavy atom. The average Bonchev–Trinajstić information content (AvgIpc) is 3.12. The van der Waals surface area contributed by atoms with Gasteiger partial charge in [0, 0.05) is 0 Å². The van der Waals surface area contributed by atoms with Crippen molar-refractivity contribution < 1.29 is 25.9 Å². The van der Waals surface area contributed by atoms with Gasteiger partial charge in [-0.05, 0) is 72.9 Å². The lowest BCUT2D eigenvalue weighted by Crippen LogP contribution is -2.04. The first-order valence-electron chi connectivity index (χ1n) is 21.2. The summed E-state index contributed by atoms with van der Waals surface area (Å²) < 4.78 is 65.7. The van der Waals surface area contributed by atoms with Crippen LogP contribution in [0.5, 0.6) is 0 Å². The van der Waals surface area contributed by atoms with Crippen LogP contribution in [0.4, 0.5) is 0 Å². The highest BCUT2D eigenvalue weighted by molar-refractivity contribution is 7.86. The van der Waals surface area contributed by atoms with Crippen LogP contribution in [0.2, 0.25) is 0 Å².